The van der Waals surface area contributed by atoms with Crippen LogP contribution in [0, 0.1) is 6.92 Å². The highest BCUT2D eigenvalue weighted by Crippen LogP contribution is 2.22. The van der Waals surface area contributed by atoms with E-state index in [1.807, 2.05) is 0 Å². The zero-order chi connectivity index (χ0) is 17.3. The first-order chi connectivity index (χ1) is 11.5. The predicted molar refractivity (Wildman–Crippen MR) is 85.4 cm³/mol. The molecule has 132 valence electrons. The SMILES string of the molecule is COc1ccccc1C(=O)C[n+]1c(C)n(C(F)F)c2ccccc21.[Br-]. The van der Waals surface area contributed by atoms with Gasteiger partial charge < -0.3 is 21.7 Å². The molecule has 0 spiro atoms. The van der Waals surface area contributed by atoms with Crippen LogP contribution in [0.1, 0.15) is 22.7 Å². The van der Waals surface area contributed by atoms with E-state index in [-0.39, 0.29) is 29.3 Å². The van der Waals surface area contributed by atoms with Crippen LogP contribution in [0.25, 0.3) is 11.0 Å². The second kappa shape index (κ2) is 7.74. The van der Waals surface area contributed by atoms with Gasteiger partial charge in [-0.15, -0.1) is 0 Å². The fourth-order valence-corrected chi connectivity index (χ4v) is 2.92. The molecule has 4 nitrogen and oxygen atoms in total. The van der Waals surface area contributed by atoms with Crippen molar-refractivity contribution in [3.8, 4) is 5.75 Å². The van der Waals surface area contributed by atoms with Gasteiger partial charge in [0.15, 0.2) is 17.6 Å². The third-order valence-corrected chi connectivity index (χ3v) is 4.08. The Morgan fingerprint density at radius 3 is 2.48 bits per heavy atom. The normalized spacial score (nSPS) is 10.8. The van der Waals surface area contributed by atoms with Crippen LogP contribution in [0.4, 0.5) is 8.78 Å². The molecule has 0 amide bonds. The number of hydrogen-bond acceptors (Lipinski definition) is 2. The first-order valence-electron chi connectivity index (χ1n) is 7.48. The summed E-state index contributed by atoms with van der Waals surface area (Å²) in [5.41, 5.74) is 1.43. The van der Waals surface area contributed by atoms with E-state index in [0.29, 0.717) is 28.2 Å². The number of carbonyl (C=O) groups excluding carboxylic acids is 1. The molecule has 0 bridgehead atoms. The zero-order valence-corrected chi connectivity index (χ0v) is 15.3. The summed E-state index contributed by atoms with van der Waals surface area (Å²) < 4.78 is 34.5. The van der Waals surface area contributed by atoms with E-state index in [2.05, 4.69) is 0 Å². The van der Waals surface area contributed by atoms with E-state index in [1.54, 1.807) is 60.0 Å². The maximum Gasteiger partial charge on any atom is 0.387 e. The predicted octanol–water partition coefficient (Wildman–Crippen LogP) is 0.528. The summed E-state index contributed by atoms with van der Waals surface area (Å²) in [7, 11) is 1.49. The van der Waals surface area contributed by atoms with Crippen molar-refractivity contribution < 1.29 is 39.9 Å². The Morgan fingerprint density at radius 2 is 1.80 bits per heavy atom. The molecule has 0 aliphatic rings. The fraction of sp³-hybridized carbons (Fsp3) is 0.222. The number of para-hydroxylation sites is 3. The number of nitrogens with zero attached hydrogens (tertiary/aromatic N) is 2. The van der Waals surface area contributed by atoms with E-state index in [1.165, 1.54) is 7.11 Å². The van der Waals surface area contributed by atoms with Crippen molar-refractivity contribution in [2.45, 2.75) is 20.0 Å². The molecule has 0 N–H and O–H groups in total. The monoisotopic (exact) mass is 410 g/mol. The number of hydrogen-bond donors (Lipinski definition) is 0. The summed E-state index contributed by atoms with van der Waals surface area (Å²) in [6.45, 7) is -1.12. The summed E-state index contributed by atoms with van der Waals surface area (Å²) in [6, 6.07) is 13.7. The summed E-state index contributed by atoms with van der Waals surface area (Å²) >= 11 is 0. The van der Waals surface area contributed by atoms with Gasteiger partial charge in [0.1, 0.15) is 5.75 Å². The number of imidazole rings is 1. The van der Waals surface area contributed by atoms with Crippen LogP contribution in [-0.2, 0) is 6.54 Å². The average molecular weight is 411 g/mol. The van der Waals surface area contributed by atoms with Crippen LogP contribution in [0.15, 0.2) is 48.5 Å². The quantitative estimate of drug-likeness (QED) is 0.454. The second-order valence-corrected chi connectivity index (χ2v) is 5.39. The lowest BCUT2D eigenvalue weighted by Crippen LogP contribution is -3.00. The van der Waals surface area contributed by atoms with Gasteiger partial charge >= 0.3 is 6.55 Å². The van der Waals surface area contributed by atoms with Crippen molar-refractivity contribution >= 4 is 16.8 Å². The Kier molecular flexibility index (Phi) is 5.89. The number of halogens is 3. The van der Waals surface area contributed by atoms with Gasteiger partial charge in [-0.05, 0) is 24.3 Å². The van der Waals surface area contributed by atoms with Crippen molar-refractivity contribution in [2.24, 2.45) is 0 Å². The average Bonchev–Trinajstić information content (AvgIpc) is 2.87. The minimum absolute atomic E-state index is 0. The summed E-state index contributed by atoms with van der Waals surface area (Å²) in [4.78, 5) is 12.7. The number of carbonyl (C=O) groups is 1. The molecule has 0 aliphatic heterocycles. The Morgan fingerprint density at radius 1 is 1.16 bits per heavy atom. The molecule has 3 rings (SSSR count). The highest BCUT2D eigenvalue weighted by molar-refractivity contribution is 5.97. The smallest absolute Gasteiger partial charge is 0.387 e. The lowest BCUT2D eigenvalue weighted by Gasteiger charge is -2.06. The Bertz CT molecular complexity index is 909. The number of Topliss-reactive ketones (excluding diaryl/α,β-unsaturated/α-hetero) is 1. The minimum atomic E-state index is -2.67. The molecule has 0 saturated heterocycles. The largest absolute Gasteiger partial charge is 1.00 e. The molecule has 0 unspecified atom stereocenters. The van der Waals surface area contributed by atoms with Crippen molar-refractivity contribution in [1.29, 1.82) is 0 Å². The third-order valence-electron chi connectivity index (χ3n) is 4.08. The number of benzene rings is 2. The number of ether oxygens (including phenoxy) is 1. The molecule has 0 atom stereocenters. The van der Waals surface area contributed by atoms with Gasteiger partial charge in [0.05, 0.1) is 12.7 Å². The molecule has 7 heteroatoms. The molecule has 1 heterocycles. The van der Waals surface area contributed by atoms with Crippen molar-refractivity contribution in [3.63, 3.8) is 0 Å². The van der Waals surface area contributed by atoms with Gasteiger partial charge in [0.25, 0.3) is 5.82 Å². The van der Waals surface area contributed by atoms with Gasteiger partial charge in [-0.25, -0.2) is 4.57 Å². The Hall–Kier alpha value is -2.28. The van der Waals surface area contributed by atoms with Gasteiger partial charge in [0.2, 0.25) is 5.78 Å². The molecule has 1 aromatic heterocycles. The molecule has 0 radical (unpaired) electrons. The van der Waals surface area contributed by atoms with Crippen molar-refractivity contribution in [1.82, 2.24) is 4.57 Å². The van der Waals surface area contributed by atoms with Crippen molar-refractivity contribution in [2.75, 3.05) is 7.11 Å². The summed E-state index contributed by atoms with van der Waals surface area (Å²) in [5.74, 6) is 0.602. The zero-order valence-electron chi connectivity index (χ0n) is 13.7. The highest BCUT2D eigenvalue weighted by atomic mass is 79.9. The van der Waals surface area contributed by atoms with E-state index in [4.69, 9.17) is 4.74 Å². The second-order valence-electron chi connectivity index (χ2n) is 5.39. The summed E-state index contributed by atoms with van der Waals surface area (Å²) in [5, 5.41) is 0. The van der Waals surface area contributed by atoms with E-state index < -0.39 is 6.55 Å². The maximum absolute atomic E-state index is 13.4. The molecule has 2 aromatic carbocycles. The van der Waals surface area contributed by atoms with Crippen LogP contribution in [-0.4, -0.2) is 17.5 Å². The van der Waals surface area contributed by atoms with Crippen LogP contribution in [0.5, 0.6) is 5.75 Å². The molecule has 0 aliphatic carbocycles. The summed E-state index contributed by atoms with van der Waals surface area (Å²) in [6.07, 6.45) is 0. The lowest BCUT2D eigenvalue weighted by atomic mass is 10.1. The minimum Gasteiger partial charge on any atom is -1.00 e. The standard InChI is InChI=1S/C18H17F2N2O2.BrH/c1-12-21(11-16(23)13-7-3-6-10-17(13)24-2)14-8-4-5-9-15(14)22(12)18(19)20;/h3-10,18H,11H2,1-2H3;1H/q+1;/p-1. The number of methoxy groups -OCH3 is 1. The molecular weight excluding hydrogens is 394 g/mol. The van der Waals surface area contributed by atoms with E-state index in [9.17, 15) is 13.6 Å². The number of ketones is 1. The molecule has 0 saturated carbocycles. The Labute approximate surface area is 154 Å². The highest BCUT2D eigenvalue weighted by Gasteiger charge is 2.28. The molecule has 25 heavy (non-hydrogen) atoms. The fourth-order valence-electron chi connectivity index (χ4n) is 2.92. The van der Waals surface area contributed by atoms with Gasteiger partial charge in [-0.3, -0.25) is 4.79 Å². The Balaban J connectivity index is 0.00000225. The van der Waals surface area contributed by atoms with Gasteiger partial charge in [0, 0.05) is 6.92 Å². The van der Waals surface area contributed by atoms with Crippen molar-refractivity contribution in [3.05, 3.63) is 59.9 Å². The number of fused-ring (bicyclic) bond motifs is 1. The topological polar surface area (TPSA) is 35.1 Å². The van der Waals surface area contributed by atoms with E-state index in [0.717, 1.165) is 4.57 Å². The van der Waals surface area contributed by atoms with E-state index >= 15 is 0 Å². The number of aromatic nitrogens is 2. The van der Waals surface area contributed by atoms with Crippen LogP contribution in [0.2, 0.25) is 0 Å². The van der Waals surface area contributed by atoms with Crippen LogP contribution < -0.4 is 26.3 Å². The lowest BCUT2D eigenvalue weighted by molar-refractivity contribution is -0.664. The molecular formula is C18H17BrF2N2O2. The van der Waals surface area contributed by atoms with Crippen LogP contribution >= 0.6 is 0 Å². The first-order valence-corrected chi connectivity index (χ1v) is 7.48. The van der Waals surface area contributed by atoms with Gasteiger partial charge in [-0.1, -0.05) is 24.3 Å². The third kappa shape index (κ3) is 3.42. The first kappa shape index (κ1) is 19.1. The number of rotatable bonds is 5. The maximum atomic E-state index is 13.4. The van der Waals surface area contributed by atoms with Crippen LogP contribution in [0.3, 0.4) is 0 Å². The van der Waals surface area contributed by atoms with Gasteiger partial charge in [-0.2, -0.15) is 13.3 Å². The number of alkyl halides is 2. The molecule has 0 fully saturated rings. The molecule has 3 aromatic rings.